The van der Waals surface area contributed by atoms with Gasteiger partial charge in [0.25, 0.3) is 5.91 Å². The molecule has 0 aromatic carbocycles. The lowest BCUT2D eigenvalue weighted by Crippen LogP contribution is -2.19. The number of rotatable bonds is 5. The topological polar surface area (TPSA) is 93.4 Å². The Morgan fingerprint density at radius 3 is 2.81 bits per heavy atom. The lowest BCUT2D eigenvalue weighted by Gasteiger charge is -2.14. The van der Waals surface area contributed by atoms with Crippen molar-refractivity contribution in [2.24, 2.45) is 11.7 Å². The molecule has 3 rings (SSSR count). The zero-order valence-electron chi connectivity index (χ0n) is 11.7. The summed E-state index contributed by atoms with van der Waals surface area (Å²) in [5.41, 5.74) is 10.5. The predicted octanol–water partition coefficient (Wildman–Crippen LogP) is 1.63. The molecule has 1 aromatic heterocycles. The Kier molecular flexibility index (Phi) is 3.69. The molecule has 0 aliphatic heterocycles. The van der Waals surface area contributed by atoms with Crippen LogP contribution in [0.15, 0.2) is 6.08 Å². The highest BCUT2D eigenvalue weighted by atomic mass is 32.1. The van der Waals surface area contributed by atoms with E-state index in [0.29, 0.717) is 10.6 Å². The molecule has 112 valence electrons. The molecule has 2 aliphatic carbocycles. The fourth-order valence-electron chi connectivity index (χ4n) is 2.48. The smallest absolute Gasteiger partial charge is 0.252 e. The molecule has 0 atom stereocenters. The van der Waals surface area contributed by atoms with E-state index in [0.717, 1.165) is 41.8 Å². The van der Waals surface area contributed by atoms with Gasteiger partial charge in [-0.15, -0.1) is 11.3 Å². The number of primary amides is 1. The van der Waals surface area contributed by atoms with E-state index in [9.17, 15) is 9.59 Å². The zero-order valence-corrected chi connectivity index (χ0v) is 12.5. The first-order chi connectivity index (χ1) is 10.1. The highest BCUT2D eigenvalue weighted by molar-refractivity contribution is 7.18. The number of carbonyl (C=O) groups is 2. The van der Waals surface area contributed by atoms with Gasteiger partial charge in [0.05, 0.1) is 23.2 Å². The van der Waals surface area contributed by atoms with Crippen LogP contribution in [0.5, 0.6) is 0 Å². The second-order valence-electron chi connectivity index (χ2n) is 5.20. The van der Waals surface area contributed by atoms with Crippen LogP contribution in [0, 0.1) is 5.92 Å². The molecule has 0 radical (unpaired) electrons. The second kappa shape index (κ2) is 5.50. The van der Waals surface area contributed by atoms with Crippen LogP contribution in [0.1, 0.15) is 40.1 Å². The van der Waals surface area contributed by atoms with Crippen LogP contribution in [-0.2, 0) is 16.1 Å². The fraction of sp³-hybridized carbons (Fsp3) is 0.429. The summed E-state index contributed by atoms with van der Waals surface area (Å²) in [5.74, 6) is -0.449. The molecular formula is C14H17N3O3S. The quantitative estimate of drug-likeness (QED) is 0.721. The maximum Gasteiger partial charge on any atom is 0.252 e. The standard InChI is InChI=1S/C14H17N3O3S/c1-20-17-9-4-2-3-8-10(12(15)18)14(21-11(8)9)16-13(19)7-5-6-7/h4,7,17H,2-3,5-6H2,1H3,(H2,15,18)(H,16,19). The van der Waals surface area contributed by atoms with Gasteiger partial charge in [-0.1, -0.05) is 6.08 Å². The molecular weight excluding hydrogens is 290 g/mol. The van der Waals surface area contributed by atoms with E-state index in [-0.39, 0.29) is 11.8 Å². The van der Waals surface area contributed by atoms with Crippen LogP contribution in [0.25, 0.3) is 5.70 Å². The minimum Gasteiger partial charge on any atom is -0.365 e. The third-order valence-electron chi connectivity index (χ3n) is 3.64. The molecule has 1 heterocycles. The van der Waals surface area contributed by atoms with E-state index in [1.54, 1.807) is 0 Å². The van der Waals surface area contributed by atoms with Crippen molar-refractivity contribution in [3.8, 4) is 0 Å². The van der Waals surface area contributed by atoms with Crippen molar-refractivity contribution in [1.82, 2.24) is 5.48 Å². The average Bonchev–Trinajstić information content (AvgIpc) is 3.21. The monoisotopic (exact) mass is 307 g/mol. The maximum atomic E-state index is 12.0. The molecule has 0 bridgehead atoms. The maximum absolute atomic E-state index is 12.0. The lowest BCUT2D eigenvalue weighted by molar-refractivity contribution is -0.117. The number of thiophene rings is 1. The van der Waals surface area contributed by atoms with E-state index >= 15 is 0 Å². The van der Waals surface area contributed by atoms with Gasteiger partial charge in [0.15, 0.2) is 0 Å². The fourth-order valence-corrected chi connectivity index (χ4v) is 3.72. The summed E-state index contributed by atoms with van der Waals surface area (Å²) in [5, 5.41) is 3.41. The first-order valence-electron chi connectivity index (χ1n) is 6.87. The Labute approximate surface area is 126 Å². The SMILES string of the molecule is CONC1=CCCc2c1sc(NC(=O)C1CC1)c2C(N)=O. The minimum absolute atomic E-state index is 0.0265. The number of carbonyl (C=O) groups excluding carboxylic acids is 2. The van der Waals surface area contributed by atoms with Gasteiger partial charge in [-0.2, -0.15) is 0 Å². The number of hydrogen-bond acceptors (Lipinski definition) is 5. The third kappa shape index (κ3) is 2.66. The molecule has 0 spiro atoms. The van der Waals surface area contributed by atoms with Crippen molar-refractivity contribution in [2.45, 2.75) is 25.7 Å². The van der Waals surface area contributed by atoms with Crippen molar-refractivity contribution in [2.75, 3.05) is 12.4 Å². The summed E-state index contributed by atoms with van der Waals surface area (Å²) in [7, 11) is 1.54. The second-order valence-corrected chi connectivity index (χ2v) is 6.22. The number of nitrogens with one attached hydrogen (secondary N) is 2. The van der Waals surface area contributed by atoms with Crippen LogP contribution >= 0.6 is 11.3 Å². The predicted molar refractivity (Wildman–Crippen MR) is 80.6 cm³/mol. The van der Waals surface area contributed by atoms with Crippen LogP contribution in [-0.4, -0.2) is 18.9 Å². The van der Waals surface area contributed by atoms with Gasteiger partial charge in [0.2, 0.25) is 5.91 Å². The molecule has 1 fully saturated rings. The van der Waals surface area contributed by atoms with Gasteiger partial charge < -0.3 is 11.1 Å². The molecule has 4 N–H and O–H groups in total. The molecule has 6 nitrogen and oxygen atoms in total. The van der Waals surface area contributed by atoms with Crippen LogP contribution in [0.2, 0.25) is 0 Å². The zero-order chi connectivity index (χ0) is 15.0. The number of amides is 2. The van der Waals surface area contributed by atoms with Crippen molar-refractivity contribution in [3.05, 3.63) is 22.1 Å². The molecule has 2 amide bonds. The van der Waals surface area contributed by atoms with E-state index < -0.39 is 5.91 Å². The van der Waals surface area contributed by atoms with Crippen molar-refractivity contribution >= 4 is 33.8 Å². The molecule has 1 aromatic rings. The molecule has 21 heavy (non-hydrogen) atoms. The van der Waals surface area contributed by atoms with Gasteiger partial charge in [0, 0.05) is 5.92 Å². The highest BCUT2D eigenvalue weighted by Crippen LogP contribution is 2.41. The van der Waals surface area contributed by atoms with Crippen molar-refractivity contribution in [3.63, 3.8) is 0 Å². The van der Waals surface area contributed by atoms with E-state index in [1.807, 2.05) is 6.08 Å². The number of hydroxylamine groups is 1. The van der Waals surface area contributed by atoms with E-state index in [2.05, 4.69) is 10.8 Å². The van der Waals surface area contributed by atoms with Gasteiger partial charge in [0.1, 0.15) is 5.00 Å². The largest absolute Gasteiger partial charge is 0.365 e. The van der Waals surface area contributed by atoms with Crippen LogP contribution < -0.4 is 16.5 Å². The summed E-state index contributed by atoms with van der Waals surface area (Å²) >= 11 is 1.37. The molecule has 2 aliphatic rings. The number of nitrogens with two attached hydrogens (primary N) is 1. The van der Waals surface area contributed by atoms with E-state index in [4.69, 9.17) is 10.6 Å². The van der Waals surface area contributed by atoms with Crippen LogP contribution in [0.3, 0.4) is 0 Å². The van der Waals surface area contributed by atoms with Crippen molar-refractivity contribution in [1.29, 1.82) is 0 Å². The van der Waals surface area contributed by atoms with Crippen molar-refractivity contribution < 1.29 is 14.4 Å². The summed E-state index contributed by atoms with van der Waals surface area (Å²) in [6.45, 7) is 0. The summed E-state index contributed by atoms with van der Waals surface area (Å²) < 4.78 is 0. The first-order valence-corrected chi connectivity index (χ1v) is 7.69. The average molecular weight is 307 g/mol. The molecule has 0 unspecified atom stereocenters. The van der Waals surface area contributed by atoms with Gasteiger partial charge >= 0.3 is 0 Å². The molecule has 7 heteroatoms. The number of allylic oxidation sites excluding steroid dienone is 1. The Morgan fingerprint density at radius 1 is 1.43 bits per heavy atom. The number of hydrogen-bond donors (Lipinski definition) is 3. The minimum atomic E-state index is -0.503. The van der Waals surface area contributed by atoms with Gasteiger partial charge in [-0.05, 0) is 31.2 Å². The third-order valence-corrected chi connectivity index (χ3v) is 4.82. The van der Waals surface area contributed by atoms with Gasteiger partial charge in [-0.25, -0.2) is 0 Å². The van der Waals surface area contributed by atoms with Gasteiger partial charge in [-0.3, -0.25) is 19.9 Å². The summed E-state index contributed by atoms with van der Waals surface area (Å²) in [6.07, 6.45) is 5.38. The highest BCUT2D eigenvalue weighted by Gasteiger charge is 2.32. The normalized spacial score (nSPS) is 16.9. The van der Waals surface area contributed by atoms with E-state index in [1.165, 1.54) is 18.4 Å². The lowest BCUT2D eigenvalue weighted by atomic mass is 9.98. The summed E-state index contributed by atoms with van der Waals surface area (Å²) in [4.78, 5) is 29.6. The Bertz CT molecular complexity index is 632. The molecule has 1 saturated carbocycles. The molecule has 0 saturated heterocycles. The first kappa shape index (κ1) is 14.1. The number of anilines is 1. The Hall–Kier alpha value is -1.86. The Morgan fingerprint density at radius 2 is 2.19 bits per heavy atom. The summed E-state index contributed by atoms with van der Waals surface area (Å²) in [6, 6.07) is 0. The van der Waals surface area contributed by atoms with Crippen LogP contribution in [0.4, 0.5) is 5.00 Å². The Balaban J connectivity index is 1.98. The number of fused-ring (bicyclic) bond motifs is 1.